The minimum atomic E-state index is -0.415. The molecule has 0 saturated carbocycles. The molecule has 2 atom stereocenters. The monoisotopic (exact) mass is 353 g/mol. The highest BCUT2D eigenvalue weighted by Crippen LogP contribution is 2.19. The van der Waals surface area contributed by atoms with Crippen molar-refractivity contribution in [3.63, 3.8) is 0 Å². The number of epoxide rings is 1. The van der Waals surface area contributed by atoms with Crippen LogP contribution in [0.2, 0.25) is 0 Å². The zero-order valence-electron chi connectivity index (χ0n) is 15.5. The van der Waals surface area contributed by atoms with Crippen LogP contribution in [0, 0.1) is 0 Å². The van der Waals surface area contributed by atoms with E-state index in [9.17, 15) is 4.79 Å². The van der Waals surface area contributed by atoms with E-state index < -0.39 is 6.09 Å². The average Bonchev–Trinajstić information content (AvgIpc) is 3.54. The normalized spacial score (nSPS) is 15.8. The number of nitrogens with one attached hydrogen (secondary N) is 1. The Bertz CT molecular complexity index is 678. The fraction of sp³-hybridized carbons (Fsp3) is 0.318. The summed E-state index contributed by atoms with van der Waals surface area (Å²) >= 11 is 0. The third-order valence-electron chi connectivity index (χ3n) is 3.99. The van der Waals surface area contributed by atoms with Crippen LogP contribution in [0.15, 0.2) is 61.2 Å². The number of rotatable bonds is 7. The second kappa shape index (κ2) is 10.4. The summed E-state index contributed by atoms with van der Waals surface area (Å²) < 4.78 is 10.7. The molecule has 1 N–H and O–H groups in total. The third-order valence-corrected chi connectivity index (χ3v) is 3.99. The maximum Gasteiger partial charge on any atom is 0.407 e. The topological polar surface area (TPSA) is 50.9 Å². The van der Waals surface area contributed by atoms with Gasteiger partial charge in [-0.3, -0.25) is 0 Å². The van der Waals surface area contributed by atoms with Gasteiger partial charge >= 0.3 is 6.09 Å². The van der Waals surface area contributed by atoms with Crippen molar-refractivity contribution >= 4 is 12.2 Å². The van der Waals surface area contributed by atoms with Gasteiger partial charge in [-0.05, 0) is 23.1 Å². The Morgan fingerprint density at radius 1 is 1.19 bits per heavy atom. The molecule has 1 fully saturated rings. The van der Waals surface area contributed by atoms with E-state index in [0.29, 0.717) is 13.0 Å². The molecule has 2 aromatic rings. The van der Waals surface area contributed by atoms with Crippen LogP contribution in [0.25, 0.3) is 6.08 Å². The molecule has 1 amide bonds. The molecule has 1 saturated heterocycles. The summed E-state index contributed by atoms with van der Waals surface area (Å²) in [6, 6.07) is 17.7. The van der Waals surface area contributed by atoms with Crippen molar-refractivity contribution in [3.05, 3.63) is 77.9 Å². The first-order valence-electron chi connectivity index (χ1n) is 9.05. The van der Waals surface area contributed by atoms with Crippen molar-refractivity contribution in [1.82, 2.24) is 5.32 Å². The first kappa shape index (κ1) is 19.7. The lowest BCUT2D eigenvalue weighted by molar-refractivity contribution is 0.133. The lowest BCUT2D eigenvalue weighted by atomic mass is 10.0. The molecule has 0 radical (unpaired) electrons. The molecule has 138 valence electrons. The predicted molar refractivity (Wildman–Crippen MR) is 105 cm³/mol. The number of ether oxygens (including phenoxy) is 2. The van der Waals surface area contributed by atoms with Crippen molar-refractivity contribution in [3.8, 4) is 0 Å². The number of amides is 1. The second-order valence-corrected chi connectivity index (χ2v) is 5.83. The summed E-state index contributed by atoms with van der Waals surface area (Å²) in [6.45, 7) is 8.69. The Labute approximate surface area is 155 Å². The molecule has 2 unspecified atom stereocenters. The number of hydrogen-bond donors (Lipinski definition) is 1. The molecule has 0 spiro atoms. The molecule has 1 aliphatic rings. The Kier molecular flexibility index (Phi) is 7.90. The van der Waals surface area contributed by atoms with E-state index in [2.05, 4.69) is 11.9 Å². The summed E-state index contributed by atoms with van der Waals surface area (Å²) in [5.41, 5.74) is 3.18. The van der Waals surface area contributed by atoms with Crippen LogP contribution in [0.5, 0.6) is 0 Å². The van der Waals surface area contributed by atoms with Gasteiger partial charge in [-0.2, -0.15) is 0 Å². The van der Waals surface area contributed by atoms with Crippen molar-refractivity contribution < 1.29 is 14.3 Å². The highest BCUT2D eigenvalue weighted by Gasteiger charge is 2.34. The predicted octanol–water partition coefficient (Wildman–Crippen LogP) is 4.59. The highest BCUT2D eigenvalue weighted by molar-refractivity contribution is 5.67. The van der Waals surface area contributed by atoms with Crippen LogP contribution in [0.4, 0.5) is 4.79 Å². The van der Waals surface area contributed by atoms with Crippen molar-refractivity contribution in [2.45, 2.75) is 39.0 Å². The van der Waals surface area contributed by atoms with E-state index in [1.807, 2.05) is 74.5 Å². The van der Waals surface area contributed by atoms with Gasteiger partial charge in [0.15, 0.2) is 0 Å². The van der Waals surface area contributed by atoms with Gasteiger partial charge in [0.05, 0.1) is 12.6 Å². The summed E-state index contributed by atoms with van der Waals surface area (Å²) in [7, 11) is 0. The zero-order valence-corrected chi connectivity index (χ0v) is 15.5. The van der Waals surface area contributed by atoms with Gasteiger partial charge < -0.3 is 14.8 Å². The van der Waals surface area contributed by atoms with Gasteiger partial charge in [0.25, 0.3) is 0 Å². The lowest BCUT2D eigenvalue weighted by Crippen LogP contribution is -2.40. The summed E-state index contributed by atoms with van der Waals surface area (Å²) in [5.74, 6) is 0. The van der Waals surface area contributed by atoms with Gasteiger partial charge in [-0.25, -0.2) is 4.79 Å². The smallest absolute Gasteiger partial charge is 0.407 e. The standard InChI is InChI=1S/C20H21NO3.C2H6/c1-2-15-8-10-16(11-9-15)12-18(19-14-23-19)21-20(22)24-13-17-6-4-3-5-7-17;1-2/h2-11,18-19H,1,12-14H2,(H,21,22);1-2H3. The van der Waals surface area contributed by atoms with Crippen molar-refractivity contribution in [1.29, 1.82) is 0 Å². The maximum absolute atomic E-state index is 12.0. The molecule has 3 rings (SSSR count). The highest BCUT2D eigenvalue weighted by atomic mass is 16.6. The van der Waals surface area contributed by atoms with E-state index in [4.69, 9.17) is 9.47 Å². The molecular weight excluding hydrogens is 326 g/mol. The SMILES string of the molecule is C=Cc1ccc(CC(NC(=O)OCc2ccccc2)C2CO2)cc1.CC. The Hall–Kier alpha value is -2.59. The maximum atomic E-state index is 12.0. The second-order valence-electron chi connectivity index (χ2n) is 5.83. The van der Waals surface area contributed by atoms with Crippen molar-refractivity contribution in [2.24, 2.45) is 0 Å². The number of alkyl carbamates (subject to hydrolysis) is 1. The van der Waals surface area contributed by atoms with Crippen LogP contribution in [-0.4, -0.2) is 24.8 Å². The van der Waals surface area contributed by atoms with Crippen LogP contribution in [0.1, 0.15) is 30.5 Å². The first-order chi connectivity index (χ1) is 12.7. The van der Waals surface area contributed by atoms with E-state index >= 15 is 0 Å². The van der Waals surface area contributed by atoms with E-state index in [0.717, 1.165) is 16.7 Å². The molecular formula is C22H27NO3. The van der Waals surface area contributed by atoms with Gasteiger partial charge in [0.2, 0.25) is 0 Å². The molecule has 0 bridgehead atoms. The van der Waals surface area contributed by atoms with E-state index in [1.54, 1.807) is 0 Å². The molecule has 1 aliphatic heterocycles. The Morgan fingerprint density at radius 3 is 2.42 bits per heavy atom. The fourth-order valence-electron chi connectivity index (χ4n) is 2.52. The van der Waals surface area contributed by atoms with Crippen LogP contribution >= 0.6 is 0 Å². The number of carbonyl (C=O) groups excluding carboxylic acids is 1. The summed E-state index contributed by atoms with van der Waals surface area (Å²) in [4.78, 5) is 12.0. The zero-order chi connectivity index (χ0) is 18.8. The number of hydrogen-bond acceptors (Lipinski definition) is 3. The van der Waals surface area contributed by atoms with Crippen LogP contribution < -0.4 is 5.32 Å². The number of benzene rings is 2. The molecule has 1 heterocycles. The molecule has 2 aromatic carbocycles. The summed E-state index contributed by atoms with van der Waals surface area (Å²) in [5, 5.41) is 2.92. The lowest BCUT2D eigenvalue weighted by Gasteiger charge is -2.17. The van der Waals surface area contributed by atoms with Gasteiger partial charge in [-0.1, -0.05) is 81.1 Å². The molecule has 0 aliphatic carbocycles. The first-order valence-corrected chi connectivity index (χ1v) is 9.05. The van der Waals surface area contributed by atoms with Crippen molar-refractivity contribution in [2.75, 3.05) is 6.61 Å². The fourth-order valence-corrected chi connectivity index (χ4v) is 2.52. The Balaban J connectivity index is 0.00000117. The largest absolute Gasteiger partial charge is 0.445 e. The van der Waals surface area contributed by atoms with Gasteiger partial charge in [0.1, 0.15) is 12.7 Å². The van der Waals surface area contributed by atoms with Crippen LogP contribution in [-0.2, 0) is 22.5 Å². The average molecular weight is 353 g/mol. The third kappa shape index (κ3) is 6.37. The quantitative estimate of drug-likeness (QED) is 0.741. The summed E-state index contributed by atoms with van der Waals surface area (Å²) in [6.07, 6.45) is 2.17. The minimum Gasteiger partial charge on any atom is -0.445 e. The Morgan fingerprint density at radius 2 is 1.85 bits per heavy atom. The number of carbonyl (C=O) groups is 1. The molecule has 4 nitrogen and oxygen atoms in total. The molecule has 0 aromatic heterocycles. The van der Waals surface area contributed by atoms with E-state index in [-0.39, 0.29) is 18.8 Å². The van der Waals surface area contributed by atoms with Gasteiger partial charge in [0, 0.05) is 0 Å². The van der Waals surface area contributed by atoms with Gasteiger partial charge in [-0.15, -0.1) is 0 Å². The van der Waals surface area contributed by atoms with Crippen LogP contribution in [0.3, 0.4) is 0 Å². The minimum absolute atomic E-state index is 0.0633. The van der Waals surface area contributed by atoms with E-state index in [1.165, 1.54) is 0 Å². The molecule has 4 heteroatoms. The molecule has 26 heavy (non-hydrogen) atoms.